The second kappa shape index (κ2) is 5.24. The van der Waals surface area contributed by atoms with E-state index in [0.29, 0.717) is 5.92 Å². The second-order valence-corrected chi connectivity index (χ2v) is 6.75. The topological polar surface area (TPSA) is 36.4 Å². The van der Waals surface area contributed by atoms with Crippen molar-refractivity contribution in [1.82, 2.24) is 9.88 Å². The number of fused-ring (bicyclic) bond motifs is 1. The van der Waals surface area contributed by atoms with Gasteiger partial charge in [0.1, 0.15) is 5.01 Å². The molecule has 2 aromatic rings. The molecule has 0 spiro atoms. The fourth-order valence-corrected chi connectivity index (χ4v) is 4.10. The number of para-hydroxylation sites is 1. The van der Waals surface area contributed by atoms with Crippen LogP contribution in [0, 0.1) is 11.8 Å². The predicted molar refractivity (Wildman–Crippen MR) is 83.2 cm³/mol. The zero-order chi connectivity index (χ0) is 14.2. The molecule has 4 nitrogen and oxygen atoms in total. The van der Waals surface area contributed by atoms with Crippen molar-refractivity contribution in [3.63, 3.8) is 0 Å². The van der Waals surface area contributed by atoms with Crippen molar-refractivity contribution in [2.24, 2.45) is 11.8 Å². The number of carbonyl (C=O) groups excluding carboxylic acids is 1. The van der Waals surface area contributed by atoms with Crippen LogP contribution >= 0.6 is 11.3 Å². The minimum absolute atomic E-state index is 0.158. The fourth-order valence-electron chi connectivity index (χ4n) is 3.44. The van der Waals surface area contributed by atoms with Crippen LogP contribution < -0.4 is 4.90 Å². The first-order valence-corrected chi connectivity index (χ1v) is 8.16. The summed E-state index contributed by atoms with van der Waals surface area (Å²) in [5.41, 5.74) is 1.03. The predicted octanol–water partition coefficient (Wildman–Crippen LogP) is 2.24. The van der Waals surface area contributed by atoms with Crippen molar-refractivity contribution in [3.8, 4) is 0 Å². The molecule has 5 heteroatoms. The Bertz CT molecular complexity index is 628. The molecule has 2 aliphatic rings. The summed E-state index contributed by atoms with van der Waals surface area (Å²) in [6.45, 7) is 3.59. The lowest BCUT2D eigenvalue weighted by Gasteiger charge is -2.21. The smallest absolute Gasteiger partial charge is 0.231 e. The Morgan fingerprint density at radius 1 is 1.19 bits per heavy atom. The Morgan fingerprint density at radius 2 is 2.05 bits per heavy atom. The van der Waals surface area contributed by atoms with E-state index in [2.05, 4.69) is 9.88 Å². The number of benzene rings is 1. The summed E-state index contributed by atoms with van der Waals surface area (Å²) in [6, 6.07) is 10.0. The van der Waals surface area contributed by atoms with Gasteiger partial charge in [0.05, 0.1) is 12.5 Å². The van der Waals surface area contributed by atoms with Crippen LogP contribution in [-0.2, 0) is 11.3 Å². The van der Waals surface area contributed by atoms with Crippen molar-refractivity contribution < 1.29 is 4.79 Å². The summed E-state index contributed by atoms with van der Waals surface area (Å²) in [6.07, 6.45) is 1.85. The van der Waals surface area contributed by atoms with E-state index >= 15 is 0 Å². The lowest BCUT2D eigenvalue weighted by atomic mass is 10.0. The van der Waals surface area contributed by atoms with Crippen LogP contribution in [-0.4, -0.2) is 35.4 Å². The molecule has 21 heavy (non-hydrogen) atoms. The molecule has 0 saturated carbocycles. The summed E-state index contributed by atoms with van der Waals surface area (Å²) in [7, 11) is 0. The standard InChI is InChI=1S/C16H17N3OS/c20-16-14-10-18(11-15-17-6-7-21-15)8-12(14)9-19(16)13-4-2-1-3-5-13/h1-7,12,14H,8-11H2/t12-,14-/m1/s1. The summed E-state index contributed by atoms with van der Waals surface area (Å²) in [4.78, 5) is 21.3. The third-order valence-corrected chi connectivity index (χ3v) is 5.19. The molecule has 0 aliphatic carbocycles. The van der Waals surface area contributed by atoms with Gasteiger partial charge in [-0.1, -0.05) is 18.2 Å². The van der Waals surface area contributed by atoms with E-state index in [-0.39, 0.29) is 11.8 Å². The van der Waals surface area contributed by atoms with Gasteiger partial charge in [-0.25, -0.2) is 4.98 Å². The molecular formula is C16H17N3OS. The molecule has 2 aliphatic heterocycles. The molecule has 108 valence electrons. The van der Waals surface area contributed by atoms with Gasteiger partial charge in [-0.05, 0) is 12.1 Å². The third-order valence-electron chi connectivity index (χ3n) is 4.43. The molecule has 3 heterocycles. The van der Waals surface area contributed by atoms with Gasteiger partial charge in [0.25, 0.3) is 0 Å². The molecule has 0 unspecified atom stereocenters. The molecule has 2 fully saturated rings. The summed E-state index contributed by atoms with van der Waals surface area (Å²) >= 11 is 1.69. The third kappa shape index (κ3) is 2.36. The Labute approximate surface area is 128 Å². The van der Waals surface area contributed by atoms with Gasteiger partial charge >= 0.3 is 0 Å². The van der Waals surface area contributed by atoms with Gasteiger partial charge in [-0.3, -0.25) is 9.69 Å². The quantitative estimate of drug-likeness (QED) is 0.872. The first kappa shape index (κ1) is 13.0. The summed E-state index contributed by atoms with van der Waals surface area (Å²) < 4.78 is 0. The molecule has 1 aromatic carbocycles. The number of likely N-dealkylation sites (tertiary alicyclic amines) is 1. The van der Waals surface area contributed by atoms with Crippen molar-refractivity contribution in [2.45, 2.75) is 6.54 Å². The van der Waals surface area contributed by atoms with Crippen LogP contribution in [0.2, 0.25) is 0 Å². The molecule has 2 saturated heterocycles. The molecule has 0 radical (unpaired) electrons. The van der Waals surface area contributed by atoms with Gasteiger partial charge in [0.15, 0.2) is 0 Å². The van der Waals surface area contributed by atoms with Crippen LogP contribution in [0.25, 0.3) is 0 Å². The van der Waals surface area contributed by atoms with Gasteiger partial charge in [0.2, 0.25) is 5.91 Å². The highest BCUT2D eigenvalue weighted by Gasteiger charge is 2.46. The zero-order valence-corrected chi connectivity index (χ0v) is 12.5. The van der Waals surface area contributed by atoms with E-state index in [1.54, 1.807) is 11.3 Å². The minimum Gasteiger partial charge on any atom is -0.312 e. The first-order chi connectivity index (χ1) is 10.3. The molecular weight excluding hydrogens is 282 g/mol. The molecule has 0 bridgehead atoms. The fraction of sp³-hybridized carbons (Fsp3) is 0.375. The Morgan fingerprint density at radius 3 is 2.76 bits per heavy atom. The lowest BCUT2D eigenvalue weighted by Crippen LogP contribution is -2.32. The highest BCUT2D eigenvalue weighted by molar-refractivity contribution is 7.09. The van der Waals surface area contributed by atoms with Crippen molar-refractivity contribution in [2.75, 3.05) is 24.5 Å². The molecule has 0 N–H and O–H groups in total. The summed E-state index contributed by atoms with van der Waals surface area (Å²) in [5.74, 6) is 0.899. The van der Waals surface area contributed by atoms with Gasteiger partial charge in [-0.2, -0.15) is 0 Å². The largest absolute Gasteiger partial charge is 0.312 e. The van der Waals surface area contributed by atoms with Crippen LogP contribution in [0.3, 0.4) is 0 Å². The van der Waals surface area contributed by atoms with E-state index < -0.39 is 0 Å². The summed E-state index contributed by atoms with van der Waals surface area (Å²) in [5, 5.41) is 3.15. The molecule has 2 atom stereocenters. The number of aromatic nitrogens is 1. The van der Waals surface area contributed by atoms with E-state index in [1.807, 2.05) is 46.8 Å². The van der Waals surface area contributed by atoms with Crippen LogP contribution in [0.15, 0.2) is 41.9 Å². The Kier molecular flexibility index (Phi) is 3.24. The van der Waals surface area contributed by atoms with Crippen molar-refractivity contribution in [3.05, 3.63) is 46.9 Å². The minimum atomic E-state index is 0.158. The number of hydrogen-bond acceptors (Lipinski definition) is 4. The van der Waals surface area contributed by atoms with Crippen molar-refractivity contribution in [1.29, 1.82) is 0 Å². The maximum absolute atomic E-state index is 12.6. The van der Waals surface area contributed by atoms with E-state index in [9.17, 15) is 4.79 Å². The monoisotopic (exact) mass is 299 g/mol. The van der Waals surface area contributed by atoms with Gasteiger partial charge in [-0.15, -0.1) is 11.3 Å². The van der Waals surface area contributed by atoms with E-state index in [1.165, 1.54) is 0 Å². The highest BCUT2D eigenvalue weighted by atomic mass is 32.1. The van der Waals surface area contributed by atoms with Crippen LogP contribution in [0.1, 0.15) is 5.01 Å². The maximum atomic E-state index is 12.6. The lowest BCUT2D eigenvalue weighted by molar-refractivity contribution is -0.120. The average Bonchev–Trinajstić information content (AvgIpc) is 3.20. The second-order valence-electron chi connectivity index (χ2n) is 5.77. The maximum Gasteiger partial charge on any atom is 0.231 e. The van der Waals surface area contributed by atoms with Gasteiger partial charge in [0, 0.05) is 42.8 Å². The van der Waals surface area contributed by atoms with E-state index in [0.717, 1.165) is 36.9 Å². The number of amides is 1. The zero-order valence-electron chi connectivity index (χ0n) is 11.7. The van der Waals surface area contributed by atoms with E-state index in [4.69, 9.17) is 0 Å². The van der Waals surface area contributed by atoms with Crippen molar-refractivity contribution >= 4 is 22.9 Å². The first-order valence-electron chi connectivity index (χ1n) is 7.28. The molecule has 4 rings (SSSR count). The average molecular weight is 299 g/mol. The number of nitrogens with zero attached hydrogens (tertiary/aromatic N) is 3. The van der Waals surface area contributed by atoms with Crippen LogP contribution in [0.4, 0.5) is 5.69 Å². The Hall–Kier alpha value is -1.72. The highest BCUT2D eigenvalue weighted by Crippen LogP contribution is 2.35. The number of rotatable bonds is 3. The molecule has 1 aromatic heterocycles. The van der Waals surface area contributed by atoms with Crippen LogP contribution in [0.5, 0.6) is 0 Å². The molecule has 1 amide bonds. The number of carbonyl (C=O) groups is 1. The Balaban J connectivity index is 1.45. The SMILES string of the molecule is O=C1[C@@H]2CN(Cc3nccs3)C[C@@H]2CN1c1ccccc1. The van der Waals surface area contributed by atoms with Gasteiger partial charge < -0.3 is 4.90 Å². The number of anilines is 1. The number of hydrogen-bond donors (Lipinski definition) is 0. The normalized spacial score (nSPS) is 25.5. The number of thiazole rings is 1.